The van der Waals surface area contributed by atoms with Crippen molar-refractivity contribution in [1.82, 2.24) is 14.9 Å². The number of carbonyl (C=O) groups is 1. The number of hydrogen-bond donors (Lipinski definition) is 2. The minimum atomic E-state index is -0.443. The first kappa shape index (κ1) is 23.9. The average Bonchev–Trinajstić information content (AvgIpc) is 2.66. The summed E-state index contributed by atoms with van der Waals surface area (Å²) in [6.45, 7) is 4.32. The smallest absolute Gasteiger partial charge is 0.263 e. The third kappa shape index (κ3) is 5.70. The van der Waals surface area contributed by atoms with Gasteiger partial charge in [-0.15, -0.1) is 24.8 Å². The first-order valence-corrected chi connectivity index (χ1v) is 8.80. The second-order valence-corrected chi connectivity index (χ2v) is 6.58. The molecule has 0 aromatic carbocycles. The van der Waals surface area contributed by atoms with Crippen LogP contribution in [0.4, 0.5) is 5.82 Å². The number of pyridine rings is 2. The van der Waals surface area contributed by atoms with E-state index in [1.165, 1.54) is 6.20 Å². The van der Waals surface area contributed by atoms with Crippen LogP contribution >= 0.6 is 24.8 Å². The molecule has 3 rings (SSSR count). The Morgan fingerprint density at radius 2 is 2.14 bits per heavy atom. The zero-order valence-corrected chi connectivity index (χ0v) is 17.6. The molecule has 1 saturated heterocycles. The van der Waals surface area contributed by atoms with Gasteiger partial charge in [-0.1, -0.05) is 0 Å². The number of ether oxygens (including phenoxy) is 1. The number of nitrogens with one attached hydrogen (secondary N) is 2. The van der Waals surface area contributed by atoms with Crippen molar-refractivity contribution in [2.75, 3.05) is 25.5 Å². The molecule has 1 aliphatic rings. The molecule has 2 aromatic rings. The fourth-order valence-corrected chi connectivity index (χ4v) is 3.20. The van der Waals surface area contributed by atoms with Crippen molar-refractivity contribution in [3.05, 3.63) is 52.1 Å². The monoisotopic (exact) mass is 428 g/mol. The zero-order valence-electron chi connectivity index (χ0n) is 15.9. The Bertz CT molecular complexity index is 834. The van der Waals surface area contributed by atoms with E-state index in [0.717, 1.165) is 25.9 Å². The molecular weight excluding hydrogens is 403 g/mol. The van der Waals surface area contributed by atoms with Crippen LogP contribution in [-0.4, -0.2) is 35.7 Å². The molecule has 1 fully saturated rings. The SMILES string of the molecule is COc1ccc(NC(=O)c2c(C)ccn(CC3CCCNC3)c2=O)nc1.Cl.Cl. The Hall–Kier alpha value is -2.09. The summed E-state index contributed by atoms with van der Waals surface area (Å²) < 4.78 is 6.69. The van der Waals surface area contributed by atoms with E-state index < -0.39 is 5.91 Å². The summed E-state index contributed by atoms with van der Waals surface area (Å²) >= 11 is 0. The second-order valence-electron chi connectivity index (χ2n) is 6.58. The van der Waals surface area contributed by atoms with Crippen molar-refractivity contribution < 1.29 is 9.53 Å². The molecule has 0 saturated carbocycles. The van der Waals surface area contributed by atoms with Crippen molar-refractivity contribution in [3.63, 3.8) is 0 Å². The van der Waals surface area contributed by atoms with Crippen LogP contribution in [0.5, 0.6) is 5.75 Å². The summed E-state index contributed by atoms with van der Waals surface area (Å²) in [6.07, 6.45) is 5.49. The third-order valence-corrected chi connectivity index (χ3v) is 4.67. The summed E-state index contributed by atoms with van der Waals surface area (Å²) in [5.74, 6) is 0.938. The lowest BCUT2D eigenvalue weighted by molar-refractivity contribution is 0.102. The first-order valence-electron chi connectivity index (χ1n) is 8.80. The van der Waals surface area contributed by atoms with Gasteiger partial charge in [0.15, 0.2) is 0 Å². The number of aromatic nitrogens is 2. The van der Waals surface area contributed by atoms with Gasteiger partial charge in [-0.05, 0) is 62.5 Å². The summed E-state index contributed by atoms with van der Waals surface area (Å²) in [7, 11) is 1.55. The average molecular weight is 429 g/mol. The Balaban J connectivity index is 0.00000196. The minimum absolute atomic E-state index is 0. The molecule has 154 valence electrons. The minimum Gasteiger partial charge on any atom is -0.495 e. The van der Waals surface area contributed by atoms with E-state index in [1.807, 2.05) is 6.07 Å². The van der Waals surface area contributed by atoms with Gasteiger partial charge in [-0.25, -0.2) is 4.98 Å². The molecule has 1 unspecified atom stereocenters. The Labute approximate surface area is 176 Å². The number of rotatable bonds is 5. The van der Waals surface area contributed by atoms with Crippen LogP contribution in [-0.2, 0) is 6.54 Å². The molecule has 0 radical (unpaired) electrons. The van der Waals surface area contributed by atoms with Gasteiger partial charge in [0.25, 0.3) is 11.5 Å². The molecule has 2 N–H and O–H groups in total. The largest absolute Gasteiger partial charge is 0.495 e. The molecule has 2 aromatic heterocycles. The van der Waals surface area contributed by atoms with Crippen molar-refractivity contribution in [2.45, 2.75) is 26.3 Å². The highest BCUT2D eigenvalue weighted by atomic mass is 35.5. The number of amides is 1. The van der Waals surface area contributed by atoms with E-state index >= 15 is 0 Å². The fraction of sp³-hybridized carbons (Fsp3) is 0.421. The van der Waals surface area contributed by atoms with Gasteiger partial charge in [0.1, 0.15) is 17.1 Å². The summed E-state index contributed by atoms with van der Waals surface area (Å²) in [5.41, 5.74) is 0.550. The molecule has 1 amide bonds. The molecule has 1 atom stereocenters. The van der Waals surface area contributed by atoms with Crippen molar-refractivity contribution in [3.8, 4) is 5.75 Å². The first-order chi connectivity index (χ1) is 12.6. The quantitative estimate of drug-likeness (QED) is 0.764. The Kier molecular flexibility index (Phi) is 9.45. The molecule has 1 aliphatic heterocycles. The highest BCUT2D eigenvalue weighted by Crippen LogP contribution is 2.14. The van der Waals surface area contributed by atoms with Crippen LogP contribution in [0, 0.1) is 12.8 Å². The van der Waals surface area contributed by atoms with E-state index in [2.05, 4.69) is 15.6 Å². The van der Waals surface area contributed by atoms with E-state index in [9.17, 15) is 9.59 Å². The molecule has 0 bridgehead atoms. The highest BCUT2D eigenvalue weighted by Gasteiger charge is 2.19. The third-order valence-electron chi connectivity index (χ3n) is 4.67. The van der Waals surface area contributed by atoms with Crippen LogP contribution < -0.4 is 20.9 Å². The van der Waals surface area contributed by atoms with Gasteiger partial charge in [-0.2, -0.15) is 0 Å². The summed E-state index contributed by atoms with van der Waals surface area (Å²) in [6, 6.07) is 5.16. The van der Waals surface area contributed by atoms with Crippen molar-refractivity contribution in [2.24, 2.45) is 5.92 Å². The van der Waals surface area contributed by atoms with E-state index in [4.69, 9.17) is 4.74 Å². The molecular formula is C19H26Cl2N4O3. The summed E-state index contributed by atoms with van der Waals surface area (Å²) in [4.78, 5) is 29.6. The normalized spacial score (nSPS) is 15.7. The van der Waals surface area contributed by atoms with Gasteiger partial charge >= 0.3 is 0 Å². The van der Waals surface area contributed by atoms with E-state index in [1.54, 1.807) is 36.9 Å². The van der Waals surface area contributed by atoms with Gasteiger partial charge in [0.2, 0.25) is 0 Å². The number of halogens is 2. The predicted molar refractivity (Wildman–Crippen MR) is 114 cm³/mol. The number of carbonyl (C=O) groups excluding carboxylic acids is 1. The number of aryl methyl sites for hydroxylation is 1. The van der Waals surface area contributed by atoms with Gasteiger partial charge in [0.05, 0.1) is 13.3 Å². The molecule has 28 heavy (non-hydrogen) atoms. The molecule has 7 nitrogen and oxygen atoms in total. The van der Waals surface area contributed by atoms with Crippen molar-refractivity contribution in [1.29, 1.82) is 0 Å². The molecule has 9 heteroatoms. The van der Waals surface area contributed by atoms with Crippen LogP contribution in [0.3, 0.4) is 0 Å². The summed E-state index contributed by atoms with van der Waals surface area (Å²) in [5, 5.41) is 6.04. The molecule has 3 heterocycles. The lowest BCUT2D eigenvalue weighted by Gasteiger charge is -2.23. The zero-order chi connectivity index (χ0) is 18.5. The van der Waals surface area contributed by atoms with Crippen LogP contribution in [0.15, 0.2) is 35.4 Å². The van der Waals surface area contributed by atoms with Gasteiger partial charge in [0, 0.05) is 12.7 Å². The number of methoxy groups -OCH3 is 1. The molecule has 0 aliphatic carbocycles. The van der Waals surface area contributed by atoms with E-state index in [0.29, 0.717) is 29.6 Å². The maximum atomic E-state index is 12.8. The topological polar surface area (TPSA) is 85.2 Å². The second kappa shape index (κ2) is 11.0. The highest BCUT2D eigenvalue weighted by molar-refractivity contribution is 6.04. The lowest BCUT2D eigenvalue weighted by atomic mass is 9.99. The predicted octanol–water partition coefficient (Wildman–Crippen LogP) is 2.66. The maximum absolute atomic E-state index is 12.8. The van der Waals surface area contributed by atoms with Crippen LogP contribution in [0.25, 0.3) is 0 Å². The fourth-order valence-electron chi connectivity index (χ4n) is 3.20. The lowest BCUT2D eigenvalue weighted by Crippen LogP contribution is -2.36. The molecule has 0 spiro atoms. The maximum Gasteiger partial charge on any atom is 0.263 e. The standard InChI is InChI=1S/C19H24N4O3.2ClH/c1-13-7-9-23(12-14-4-3-8-20-10-14)19(25)17(13)18(24)22-16-6-5-15(26-2)11-21-16;;/h5-7,9,11,14,20H,3-4,8,10,12H2,1-2H3,(H,21,22,24);2*1H. The number of nitrogens with zero attached hydrogens (tertiary/aromatic N) is 2. The Morgan fingerprint density at radius 1 is 1.36 bits per heavy atom. The van der Waals surface area contributed by atoms with Gasteiger partial charge in [-0.3, -0.25) is 9.59 Å². The Morgan fingerprint density at radius 3 is 2.75 bits per heavy atom. The van der Waals surface area contributed by atoms with Gasteiger partial charge < -0.3 is 19.9 Å². The van der Waals surface area contributed by atoms with Crippen LogP contribution in [0.2, 0.25) is 0 Å². The number of hydrogen-bond acceptors (Lipinski definition) is 5. The number of piperidine rings is 1. The van der Waals surface area contributed by atoms with E-state index in [-0.39, 0.29) is 35.9 Å². The van der Waals surface area contributed by atoms with Crippen LogP contribution in [0.1, 0.15) is 28.8 Å². The van der Waals surface area contributed by atoms with Crippen molar-refractivity contribution >= 4 is 36.5 Å². The number of anilines is 1.